The second-order valence-corrected chi connectivity index (χ2v) is 7.87. The third-order valence-electron chi connectivity index (χ3n) is 2.75. The van der Waals surface area contributed by atoms with E-state index in [-0.39, 0.29) is 6.61 Å². The molecule has 0 radical (unpaired) electrons. The Morgan fingerprint density at radius 2 is 1.95 bits per heavy atom. The molecule has 0 saturated heterocycles. The highest BCUT2D eigenvalue weighted by Gasteiger charge is 2.24. The first-order valence-corrected chi connectivity index (χ1v) is 8.52. The van der Waals surface area contributed by atoms with Crippen molar-refractivity contribution < 1.29 is 13.5 Å². The molecule has 1 aromatic heterocycles. The van der Waals surface area contributed by atoms with Crippen LogP contribution >= 0.6 is 11.3 Å². The normalized spacial score (nSPS) is 12.5. The van der Waals surface area contributed by atoms with Gasteiger partial charge in [-0.2, -0.15) is 4.31 Å². The van der Waals surface area contributed by atoms with Crippen LogP contribution in [0, 0.1) is 0 Å². The smallest absolute Gasteiger partial charge is 0.252 e. The maximum atomic E-state index is 12.4. The van der Waals surface area contributed by atoms with Crippen molar-refractivity contribution in [1.82, 2.24) is 9.21 Å². The molecule has 19 heavy (non-hydrogen) atoms. The molecule has 1 rings (SSSR count). The van der Waals surface area contributed by atoms with Gasteiger partial charge in [0.05, 0.1) is 6.61 Å². The Bertz CT molecular complexity index is 483. The highest BCUT2D eigenvalue weighted by atomic mass is 32.2. The van der Waals surface area contributed by atoms with Crippen LogP contribution in [0.4, 0.5) is 0 Å². The standard InChI is InChI=1S/C12H22N2O3S2/c1-4-14(9-5-8-13(2)3)19(16,17)12-7-6-11(10-15)18-12/h6-7,15H,4-5,8-10H2,1-3H3. The van der Waals surface area contributed by atoms with Crippen molar-refractivity contribution in [3.05, 3.63) is 17.0 Å². The van der Waals surface area contributed by atoms with E-state index < -0.39 is 10.0 Å². The second kappa shape index (κ2) is 7.35. The molecular formula is C12H22N2O3S2. The van der Waals surface area contributed by atoms with Crippen molar-refractivity contribution >= 4 is 21.4 Å². The van der Waals surface area contributed by atoms with Gasteiger partial charge in [-0.15, -0.1) is 11.3 Å². The molecular weight excluding hydrogens is 284 g/mol. The van der Waals surface area contributed by atoms with Crippen molar-refractivity contribution in [2.45, 2.75) is 24.2 Å². The molecule has 0 spiro atoms. The summed E-state index contributed by atoms with van der Waals surface area (Å²) in [5, 5.41) is 9.01. The Kier molecular flexibility index (Phi) is 6.41. The molecule has 0 aromatic carbocycles. The van der Waals surface area contributed by atoms with Crippen molar-refractivity contribution in [3.8, 4) is 0 Å². The molecule has 0 aliphatic rings. The zero-order chi connectivity index (χ0) is 14.5. The zero-order valence-corrected chi connectivity index (χ0v) is 13.3. The first-order chi connectivity index (χ1) is 8.91. The van der Waals surface area contributed by atoms with Crippen molar-refractivity contribution in [2.24, 2.45) is 0 Å². The zero-order valence-electron chi connectivity index (χ0n) is 11.7. The summed E-state index contributed by atoms with van der Waals surface area (Å²) in [5.41, 5.74) is 0. The summed E-state index contributed by atoms with van der Waals surface area (Å²) in [6.07, 6.45) is 0.804. The molecule has 0 aliphatic carbocycles. The number of rotatable bonds is 8. The van der Waals surface area contributed by atoms with E-state index in [2.05, 4.69) is 0 Å². The summed E-state index contributed by atoms with van der Waals surface area (Å²) >= 11 is 1.13. The monoisotopic (exact) mass is 306 g/mol. The lowest BCUT2D eigenvalue weighted by Gasteiger charge is -2.20. The van der Waals surface area contributed by atoms with Crippen LogP contribution < -0.4 is 0 Å². The van der Waals surface area contributed by atoms with E-state index in [0.29, 0.717) is 22.2 Å². The van der Waals surface area contributed by atoms with E-state index >= 15 is 0 Å². The van der Waals surface area contributed by atoms with Gasteiger partial charge in [-0.25, -0.2) is 8.42 Å². The number of hydrogen-bond acceptors (Lipinski definition) is 5. The third-order valence-corrected chi connectivity index (χ3v) is 6.26. The number of aliphatic hydroxyl groups is 1. The summed E-state index contributed by atoms with van der Waals surface area (Å²) in [5.74, 6) is 0. The Hall–Kier alpha value is -0.470. The molecule has 5 nitrogen and oxygen atoms in total. The van der Waals surface area contributed by atoms with E-state index in [4.69, 9.17) is 5.11 Å². The highest BCUT2D eigenvalue weighted by molar-refractivity contribution is 7.91. The number of thiophene rings is 1. The largest absolute Gasteiger partial charge is 0.391 e. The van der Waals surface area contributed by atoms with Gasteiger partial charge in [-0.05, 0) is 39.2 Å². The predicted octanol–water partition coefficient (Wildman–Crippen LogP) is 1.20. The van der Waals surface area contributed by atoms with Gasteiger partial charge in [0.25, 0.3) is 10.0 Å². The molecule has 0 bridgehead atoms. The van der Waals surface area contributed by atoms with Crippen molar-refractivity contribution in [2.75, 3.05) is 33.7 Å². The lowest BCUT2D eigenvalue weighted by molar-refractivity contribution is 0.285. The van der Waals surface area contributed by atoms with E-state index in [9.17, 15) is 8.42 Å². The summed E-state index contributed by atoms with van der Waals surface area (Å²) in [7, 11) is 0.524. The van der Waals surface area contributed by atoms with Crippen LogP contribution in [0.2, 0.25) is 0 Å². The number of sulfonamides is 1. The first kappa shape index (κ1) is 16.6. The fourth-order valence-electron chi connectivity index (χ4n) is 1.72. The van der Waals surface area contributed by atoms with E-state index in [0.717, 1.165) is 24.3 Å². The highest BCUT2D eigenvalue weighted by Crippen LogP contribution is 2.25. The number of nitrogens with zero attached hydrogens (tertiary/aromatic N) is 2. The maximum Gasteiger partial charge on any atom is 0.252 e. The summed E-state index contributed by atoms with van der Waals surface area (Å²) in [6, 6.07) is 3.23. The minimum Gasteiger partial charge on any atom is -0.391 e. The van der Waals surface area contributed by atoms with Gasteiger partial charge in [0, 0.05) is 18.0 Å². The Labute approximate surface area is 119 Å². The molecule has 1 heterocycles. The average Bonchev–Trinajstić information content (AvgIpc) is 2.83. The van der Waals surface area contributed by atoms with Crippen LogP contribution in [-0.2, 0) is 16.6 Å². The van der Waals surface area contributed by atoms with Gasteiger partial charge in [0.1, 0.15) is 4.21 Å². The van der Waals surface area contributed by atoms with Crippen LogP contribution in [0.5, 0.6) is 0 Å². The maximum absolute atomic E-state index is 12.4. The Morgan fingerprint density at radius 1 is 1.26 bits per heavy atom. The summed E-state index contributed by atoms with van der Waals surface area (Å²) in [4.78, 5) is 2.71. The molecule has 1 N–H and O–H groups in total. The van der Waals surface area contributed by atoms with Gasteiger partial charge < -0.3 is 10.0 Å². The summed E-state index contributed by atoms with van der Waals surface area (Å²) in [6.45, 7) is 3.56. The van der Waals surface area contributed by atoms with Crippen LogP contribution in [0.3, 0.4) is 0 Å². The number of hydrogen-bond donors (Lipinski definition) is 1. The van der Waals surface area contributed by atoms with Crippen molar-refractivity contribution in [3.63, 3.8) is 0 Å². The van der Waals surface area contributed by atoms with Crippen LogP contribution in [-0.4, -0.2) is 56.5 Å². The lowest BCUT2D eigenvalue weighted by Crippen LogP contribution is -2.32. The van der Waals surface area contributed by atoms with E-state index in [1.54, 1.807) is 12.1 Å². The number of aliphatic hydroxyl groups excluding tert-OH is 1. The SMILES string of the molecule is CCN(CCCN(C)C)S(=O)(=O)c1ccc(CO)s1. The second-order valence-electron chi connectivity index (χ2n) is 4.53. The van der Waals surface area contributed by atoms with Crippen LogP contribution in [0.1, 0.15) is 18.2 Å². The quantitative estimate of drug-likeness (QED) is 0.784. The van der Waals surface area contributed by atoms with Gasteiger partial charge in [0.2, 0.25) is 0 Å². The molecule has 0 aliphatic heterocycles. The van der Waals surface area contributed by atoms with Gasteiger partial charge in [0.15, 0.2) is 0 Å². The molecule has 1 aromatic rings. The topological polar surface area (TPSA) is 60.9 Å². The lowest BCUT2D eigenvalue weighted by atomic mass is 10.4. The molecule has 7 heteroatoms. The fourth-order valence-corrected chi connectivity index (χ4v) is 4.58. The molecule has 0 atom stereocenters. The third kappa shape index (κ3) is 4.54. The van der Waals surface area contributed by atoms with Crippen LogP contribution in [0.25, 0.3) is 0 Å². The minimum atomic E-state index is -3.42. The Balaban J connectivity index is 2.77. The molecule has 0 saturated carbocycles. The molecule has 110 valence electrons. The minimum absolute atomic E-state index is 0.118. The summed E-state index contributed by atoms with van der Waals surface area (Å²) < 4.78 is 26.6. The average molecular weight is 306 g/mol. The van der Waals surface area contributed by atoms with E-state index in [1.807, 2.05) is 25.9 Å². The first-order valence-electron chi connectivity index (χ1n) is 6.26. The van der Waals surface area contributed by atoms with Gasteiger partial charge in [-0.3, -0.25) is 0 Å². The van der Waals surface area contributed by atoms with E-state index in [1.165, 1.54) is 4.31 Å². The van der Waals surface area contributed by atoms with Crippen LogP contribution in [0.15, 0.2) is 16.3 Å². The van der Waals surface area contributed by atoms with Gasteiger partial charge in [-0.1, -0.05) is 6.92 Å². The van der Waals surface area contributed by atoms with Gasteiger partial charge >= 0.3 is 0 Å². The molecule has 0 fully saturated rings. The predicted molar refractivity (Wildman–Crippen MR) is 77.8 cm³/mol. The molecule has 0 amide bonds. The Morgan fingerprint density at radius 3 is 2.42 bits per heavy atom. The van der Waals surface area contributed by atoms with Crippen molar-refractivity contribution in [1.29, 1.82) is 0 Å². The fraction of sp³-hybridized carbons (Fsp3) is 0.667. The molecule has 0 unspecified atom stereocenters.